The van der Waals surface area contributed by atoms with Crippen LogP contribution >= 0.6 is 0 Å². The summed E-state index contributed by atoms with van der Waals surface area (Å²) in [5, 5.41) is 4.81. The van der Waals surface area contributed by atoms with E-state index in [0.717, 1.165) is 49.8 Å². The normalized spacial score (nSPS) is 17.6. The number of aromatic nitrogens is 4. The number of nitrogens with zero attached hydrogens (tertiary/aromatic N) is 6. The SMILES string of the molecule is CC(C)(C)c1ccc(-c2ccnc3nc(N4CCN(C(=O)CCC5CCCC5)CC4)nn23)cc1. The zero-order chi connectivity index (χ0) is 23.7. The summed E-state index contributed by atoms with van der Waals surface area (Å²) in [5.41, 5.74) is 3.49. The van der Waals surface area contributed by atoms with Crippen LogP contribution in [0.5, 0.6) is 0 Å². The molecule has 0 spiro atoms. The first-order valence-electron chi connectivity index (χ1n) is 12.7. The molecule has 7 nitrogen and oxygen atoms in total. The van der Waals surface area contributed by atoms with Crippen molar-refractivity contribution in [1.82, 2.24) is 24.5 Å². The van der Waals surface area contributed by atoms with Crippen molar-refractivity contribution in [2.45, 2.75) is 64.7 Å². The number of fused-ring (bicyclic) bond motifs is 1. The number of anilines is 1. The van der Waals surface area contributed by atoms with E-state index in [1.165, 1.54) is 31.2 Å². The lowest BCUT2D eigenvalue weighted by atomic mass is 9.86. The molecule has 3 aromatic rings. The molecule has 0 unspecified atom stereocenters. The van der Waals surface area contributed by atoms with Gasteiger partial charge in [0.15, 0.2) is 0 Å². The highest BCUT2D eigenvalue weighted by Gasteiger charge is 2.25. The third-order valence-corrected chi connectivity index (χ3v) is 7.43. The van der Waals surface area contributed by atoms with Gasteiger partial charge in [0.1, 0.15) is 0 Å². The molecule has 2 aliphatic rings. The Kier molecular flexibility index (Phi) is 6.28. The minimum absolute atomic E-state index is 0.118. The van der Waals surface area contributed by atoms with Crippen molar-refractivity contribution < 1.29 is 4.79 Å². The molecule has 1 aliphatic heterocycles. The van der Waals surface area contributed by atoms with Crippen LogP contribution in [0.4, 0.5) is 5.95 Å². The largest absolute Gasteiger partial charge is 0.339 e. The number of carbonyl (C=O) groups excluding carboxylic acids is 1. The first kappa shape index (κ1) is 22.8. The molecule has 1 saturated carbocycles. The summed E-state index contributed by atoms with van der Waals surface area (Å²) in [4.78, 5) is 26.0. The zero-order valence-electron chi connectivity index (χ0n) is 20.7. The van der Waals surface area contributed by atoms with Gasteiger partial charge in [-0.05, 0) is 29.4 Å². The van der Waals surface area contributed by atoms with Gasteiger partial charge in [-0.3, -0.25) is 4.79 Å². The van der Waals surface area contributed by atoms with Crippen LogP contribution in [0.1, 0.15) is 64.9 Å². The Morgan fingerprint density at radius 1 is 1.00 bits per heavy atom. The Labute approximate surface area is 202 Å². The first-order valence-corrected chi connectivity index (χ1v) is 12.7. The molecule has 2 aromatic heterocycles. The van der Waals surface area contributed by atoms with Crippen molar-refractivity contribution in [3.63, 3.8) is 0 Å². The molecule has 1 aliphatic carbocycles. The van der Waals surface area contributed by atoms with Crippen LogP contribution in [0.2, 0.25) is 0 Å². The number of rotatable bonds is 5. The minimum atomic E-state index is 0.118. The number of amides is 1. The maximum atomic E-state index is 12.7. The van der Waals surface area contributed by atoms with Crippen LogP contribution < -0.4 is 4.90 Å². The minimum Gasteiger partial charge on any atom is -0.339 e. The second-order valence-corrected chi connectivity index (χ2v) is 10.8. The number of hydrogen-bond acceptors (Lipinski definition) is 5. The van der Waals surface area contributed by atoms with E-state index in [2.05, 4.69) is 54.9 Å². The quantitative estimate of drug-likeness (QED) is 0.552. The van der Waals surface area contributed by atoms with Gasteiger partial charge in [0.25, 0.3) is 5.78 Å². The molecule has 0 N–H and O–H groups in total. The molecule has 34 heavy (non-hydrogen) atoms. The highest BCUT2D eigenvalue weighted by atomic mass is 16.2. The van der Waals surface area contributed by atoms with E-state index >= 15 is 0 Å². The molecule has 1 amide bonds. The summed E-state index contributed by atoms with van der Waals surface area (Å²) in [6.07, 6.45) is 8.82. The molecule has 3 heterocycles. The standard InChI is InChI=1S/C27H36N6O/c1-27(2,3)22-11-9-21(10-12-22)23-14-15-28-25-29-26(30-33(23)25)32-18-16-31(17-19-32)24(34)13-8-20-6-4-5-7-20/h9-12,14-15,20H,4-8,13,16-19H2,1-3H3. The smallest absolute Gasteiger partial charge is 0.254 e. The predicted molar refractivity (Wildman–Crippen MR) is 135 cm³/mol. The summed E-state index contributed by atoms with van der Waals surface area (Å²) in [6, 6.07) is 10.6. The fraction of sp³-hybridized carbons (Fsp3) is 0.556. The van der Waals surface area contributed by atoms with Gasteiger partial charge in [-0.1, -0.05) is 70.7 Å². The van der Waals surface area contributed by atoms with Crippen LogP contribution in [0.15, 0.2) is 36.5 Å². The number of benzene rings is 1. The average Bonchev–Trinajstić information content (AvgIpc) is 3.52. The molecular formula is C27H36N6O. The zero-order valence-corrected chi connectivity index (χ0v) is 20.7. The van der Waals surface area contributed by atoms with Crippen molar-refractivity contribution in [2.24, 2.45) is 5.92 Å². The third-order valence-electron chi connectivity index (χ3n) is 7.43. The molecule has 5 rings (SSSR count). The topological polar surface area (TPSA) is 66.6 Å². The molecule has 2 fully saturated rings. The van der Waals surface area contributed by atoms with Gasteiger partial charge in [0.05, 0.1) is 5.69 Å². The summed E-state index contributed by atoms with van der Waals surface area (Å²) in [7, 11) is 0. The molecule has 1 saturated heterocycles. The Morgan fingerprint density at radius 3 is 2.38 bits per heavy atom. The molecule has 0 radical (unpaired) electrons. The summed E-state index contributed by atoms with van der Waals surface area (Å²) in [6.45, 7) is 9.63. The molecule has 7 heteroatoms. The lowest BCUT2D eigenvalue weighted by molar-refractivity contribution is -0.131. The maximum absolute atomic E-state index is 12.7. The highest BCUT2D eigenvalue weighted by Crippen LogP contribution is 2.29. The second-order valence-electron chi connectivity index (χ2n) is 10.8. The summed E-state index contributed by atoms with van der Waals surface area (Å²) in [5.74, 6) is 2.35. The molecule has 0 atom stereocenters. The van der Waals surface area contributed by atoms with E-state index in [1.54, 1.807) is 6.20 Å². The third kappa shape index (κ3) is 4.79. The van der Waals surface area contributed by atoms with Crippen molar-refractivity contribution in [3.05, 3.63) is 42.1 Å². The monoisotopic (exact) mass is 460 g/mol. The van der Waals surface area contributed by atoms with Gasteiger partial charge in [-0.25, -0.2) is 4.98 Å². The molecule has 0 bridgehead atoms. The van der Waals surface area contributed by atoms with Gasteiger partial charge in [0.2, 0.25) is 11.9 Å². The molecule has 1 aromatic carbocycles. The Bertz CT molecular complexity index is 1130. The van der Waals surface area contributed by atoms with Crippen LogP contribution in [0, 0.1) is 5.92 Å². The van der Waals surface area contributed by atoms with Crippen molar-refractivity contribution in [2.75, 3.05) is 31.1 Å². The van der Waals surface area contributed by atoms with E-state index in [1.807, 2.05) is 15.5 Å². The van der Waals surface area contributed by atoms with Crippen LogP contribution in [0.3, 0.4) is 0 Å². The van der Waals surface area contributed by atoms with Crippen LogP contribution in [-0.4, -0.2) is 56.6 Å². The fourth-order valence-corrected chi connectivity index (χ4v) is 5.22. The highest BCUT2D eigenvalue weighted by molar-refractivity contribution is 5.76. The van der Waals surface area contributed by atoms with Gasteiger partial charge < -0.3 is 9.80 Å². The van der Waals surface area contributed by atoms with E-state index in [4.69, 9.17) is 10.1 Å². The second kappa shape index (κ2) is 9.35. The van der Waals surface area contributed by atoms with E-state index in [9.17, 15) is 4.79 Å². The number of piperazine rings is 1. The number of hydrogen-bond donors (Lipinski definition) is 0. The van der Waals surface area contributed by atoms with Crippen molar-refractivity contribution in [1.29, 1.82) is 0 Å². The lowest BCUT2D eigenvalue weighted by Crippen LogP contribution is -2.49. The summed E-state index contributed by atoms with van der Waals surface area (Å²) < 4.78 is 1.83. The van der Waals surface area contributed by atoms with E-state index in [0.29, 0.717) is 24.1 Å². The van der Waals surface area contributed by atoms with Gasteiger partial charge in [-0.15, -0.1) is 5.10 Å². The van der Waals surface area contributed by atoms with E-state index in [-0.39, 0.29) is 5.41 Å². The van der Waals surface area contributed by atoms with E-state index < -0.39 is 0 Å². The number of carbonyl (C=O) groups is 1. The van der Waals surface area contributed by atoms with Crippen LogP contribution in [0.25, 0.3) is 17.0 Å². The van der Waals surface area contributed by atoms with Gasteiger partial charge in [0, 0.05) is 44.4 Å². The van der Waals surface area contributed by atoms with Crippen molar-refractivity contribution >= 4 is 17.6 Å². The molecular weight excluding hydrogens is 424 g/mol. The Balaban J connectivity index is 1.26. The molecule has 180 valence electrons. The first-order chi connectivity index (χ1) is 16.4. The van der Waals surface area contributed by atoms with Gasteiger partial charge >= 0.3 is 0 Å². The maximum Gasteiger partial charge on any atom is 0.254 e. The lowest BCUT2D eigenvalue weighted by Gasteiger charge is -2.34. The fourth-order valence-electron chi connectivity index (χ4n) is 5.22. The van der Waals surface area contributed by atoms with Gasteiger partial charge in [-0.2, -0.15) is 9.50 Å². The average molecular weight is 461 g/mol. The van der Waals surface area contributed by atoms with Crippen LogP contribution in [-0.2, 0) is 10.2 Å². The van der Waals surface area contributed by atoms with Crippen molar-refractivity contribution in [3.8, 4) is 11.3 Å². The Hall–Kier alpha value is -2.96. The predicted octanol–water partition coefficient (Wildman–Crippen LogP) is 4.71. The summed E-state index contributed by atoms with van der Waals surface area (Å²) >= 11 is 0. The Morgan fingerprint density at radius 2 is 1.71 bits per heavy atom.